The molecule has 0 saturated carbocycles. The molecule has 1 fully saturated rings. The molecule has 0 amide bonds. The van der Waals surface area contributed by atoms with Crippen LogP contribution in [-0.2, 0) is 14.8 Å². The minimum atomic E-state index is -3.93. The lowest BCUT2D eigenvalue weighted by molar-refractivity contribution is 0.112. The summed E-state index contributed by atoms with van der Waals surface area (Å²) in [4.78, 5) is 13.6. The number of fused-ring (bicyclic) bond motifs is 1. The van der Waals surface area contributed by atoms with Crippen LogP contribution in [0.25, 0.3) is 10.9 Å². The van der Waals surface area contributed by atoms with Crippen molar-refractivity contribution in [2.24, 2.45) is 0 Å². The van der Waals surface area contributed by atoms with E-state index in [0.29, 0.717) is 60.5 Å². The number of carbonyl (C=O) groups is 1. The Morgan fingerprint density at radius 3 is 2.59 bits per heavy atom. The molecule has 0 spiro atoms. The van der Waals surface area contributed by atoms with Crippen molar-refractivity contribution in [1.82, 2.24) is 3.97 Å². The number of morpholine rings is 1. The second-order valence-electron chi connectivity index (χ2n) is 6.60. The molecule has 1 aromatic heterocycles. The molecule has 0 unspecified atom stereocenters. The van der Waals surface area contributed by atoms with Crippen molar-refractivity contribution in [3.63, 3.8) is 0 Å². The molecular formula is C20H19BrN2O5S. The molecule has 9 heteroatoms. The molecule has 0 atom stereocenters. The normalized spacial score (nSPS) is 14.9. The highest BCUT2D eigenvalue weighted by Crippen LogP contribution is 2.34. The Balaban J connectivity index is 1.87. The lowest BCUT2D eigenvalue weighted by atomic mass is 10.2. The number of rotatable bonds is 5. The monoisotopic (exact) mass is 478 g/mol. The van der Waals surface area contributed by atoms with Gasteiger partial charge in [0.15, 0.2) is 6.29 Å². The molecule has 0 radical (unpaired) electrons. The van der Waals surface area contributed by atoms with E-state index >= 15 is 0 Å². The zero-order chi connectivity index (χ0) is 20.6. The zero-order valence-electron chi connectivity index (χ0n) is 15.7. The average molecular weight is 479 g/mol. The summed E-state index contributed by atoms with van der Waals surface area (Å²) < 4.78 is 39.7. The van der Waals surface area contributed by atoms with Crippen molar-refractivity contribution in [2.75, 3.05) is 38.3 Å². The summed E-state index contributed by atoms with van der Waals surface area (Å²) in [6, 6.07) is 9.97. The minimum Gasteiger partial charge on any atom is -0.495 e. The van der Waals surface area contributed by atoms with E-state index in [1.165, 1.54) is 12.3 Å². The highest BCUT2D eigenvalue weighted by Gasteiger charge is 2.24. The molecular weight excluding hydrogens is 460 g/mol. The van der Waals surface area contributed by atoms with E-state index in [1.54, 1.807) is 37.4 Å². The smallest absolute Gasteiger partial charge is 0.268 e. The maximum atomic E-state index is 13.5. The lowest BCUT2D eigenvalue weighted by Gasteiger charge is -2.30. The number of carbonyl (C=O) groups excluding carboxylic acids is 1. The van der Waals surface area contributed by atoms with Crippen LogP contribution in [0.3, 0.4) is 0 Å². The van der Waals surface area contributed by atoms with E-state index in [-0.39, 0.29) is 4.90 Å². The second kappa shape index (κ2) is 7.81. The Hall–Kier alpha value is -2.36. The molecule has 3 aromatic rings. The number of halogens is 1. The van der Waals surface area contributed by atoms with Crippen molar-refractivity contribution in [2.45, 2.75) is 4.90 Å². The Labute approximate surface area is 177 Å². The minimum absolute atomic E-state index is 0.120. The first kappa shape index (κ1) is 19.9. The predicted molar refractivity (Wildman–Crippen MR) is 114 cm³/mol. The molecule has 29 heavy (non-hydrogen) atoms. The van der Waals surface area contributed by atoms with Crippen LogP contribution in [0.1, 0.15) is 10.4 Å². The van der Waals surface area contributed by atoms with Gasteiger partial charge in [0, 0.05) is 34.7 Å². The van der Waals surface area contributed by atoms with E-state index < -0.39 is 10.0 Å². The summed E-state index contributed by atoms with van der Waals surface area (Å²) in [7, 11) is -2.38. The van der Waals surface area contributed by atoms with Gasteiger partial charge >= 0.3 is 0 Å². The first-order chi connectivity index (χ1) is 14.0. The summed E-state index contributed by atoms with van der Waals surface area (Å²) >= 11 is 3.37. The topological polar surface area (TPSA) is 77.8 Å². The van der Waals surface area contributed by atoms with Crippen molar-refractivity contribution >= 4 is 48.8 Å². The van der Waals surface area contributed by atoms with Crippen molar-refractivity contribution in [3.05, 3.63) is 52.6 Å². The Kier molecular flexibility index (Phi) is 5.37. The van der Waals surface area contributed by atoms with Crippen molar-refractivity contribution in [1.29, 1.82) is 0 Å². The van der Waals surface area contributed by atoms with Gasteiger partial charge in [0.25, 0.3) is 10.0 Å². The lowest BCUT2D eigenvalue weighted by Crippen LogP contribution is -2.36. The van der Waals surface area contributed by atoms with Crippen molar-refractivity contribution < 1.29 is 22.7 Å². The summed E-state index contributed by atoms with van der Waals surface area (Å²) in [5, 5.41) is 0.577. The van der Waals surface area contributed by atoms with Gasteiger partial charge in [-0.25, -0.2) is 12.4 Å². The van der Waals surface area contributed by atoms with Crippen molar-refractivity contribution in [3.8, 4) is 5.75 Å². The van der Waals surface area contributed by atoms with Gasteiger partial charge < -0.3 is 14.4 Å². The van der Waals surface area contributed by atoms with Gasteiger partial charge in [-0.05, 0) is 30.3 Å². The molecule has 0 N–H and O–H groups in total. The fraction of sp³-hybridized carbons (Fsp3) is 0.250. The van der Waals surface area contributed by atoms with E-state index in [2.05, 4.69) is 15.9 Å². The van der Waals surface area contributed by atoms with Crippen LogP contribution >= 0.6 is 15.9 Å². The quantitative estimate of drug-likeness (QED) is 0.523. The first-order valence-electron chi connectivity index (χ1n) is 8.98. The fourth-order valence-corrected chi connectivity index (χ4v) is 5.22. The third-order valence-electron chi connectivity index (χ3n) is 4.95. The maximum absolute atomic E-state index is 13.5. The number of aldehydes is 1. The van der Waals surface area contributed by atoms with E-state index in [0.717, 1.165) is 8.45 Å². The predicted octanol–water partition coefficient (Wildman–Crippen LogP) is 3.30. The third-order valence-corrected chi connectivity index (χ3v) is 7.11. The number of hydrogen-bond acceptors (Lipinski definition) is 6. The summed E-state index contributed by atoms with van der Waals surface area (Å²) in [5.41, 5.74) is 1.45. The average Bonchev–Trinajstić information content (AvgIpc) is 3.12. The molecule has 0 bridgehead atoms. The van der Waals surface area contributed by atoms with Gasteiger partial charge in [-0.2, -0.15) is 0 Å². The highest BCUT2D eigenvalue weighted by atomic mass is 79.9. The van der Waals surface area contributed by atoms with Gasteiger partial charge in [-0.3, -0.25) is 4.79 Å². The zero-order valence-corrected chi connectivity index (χ0v) is 18.1. The number of nitrogens with zero attached hydrogens (tertiary/aromatic N) is 2. The van der Waals surface area contributed by atoms with Gasteiger partial charge in [0.05, 0.1) is 36.4 Å². The Morgan fingerprint density at radius 1 is 1.14 bits per heavy atom. The number of hydrogen-bond donors (Lipinski definition) is 0. The first-order valence-corrected chi connectivity index (χ1v) is 11.2. The molecule has 152 valence electrons. The Bertz CT molecular complexity index is 1180. The number of anilines is 1. The summed E-state index contributed by atoms with van der Waals surface area (Å²) in [6.07, 6.45) is 2.02. The largest absolute Gasteiger partial charge is 0.495 e. The molecule has 4 rings (SSSR count). The molecule has 2 aromatic carbocycles. The third kappa shape index (κ3) is 3.54. The SMILES string of the molecule is COc1ccc(S(=O)(=O)n2cc(C=O)c3ccc(Br)cc32)cc1N1CCOCC1. The van der Waals surface area contributed by atoms with Gasteiger partial charge in [-0.15, -0.1) is 0 Å². The molecule has 0 aliphatic carbocycles. The van der Waals surface area contributed by atoms with Crippen LogP contribution in [0.15, 0.2) is 52.0 Å². The fourth-order valence-electron chi connectivity index (χ4n) is 3.48. The highest BCUT2D eigenvalue weighted by molar-refractivity contribution is 9.10. The van der Waals surface area contributed by atoms with Gasteiger partial charge in [-0.1, -0.05) is 22.0 Å². The van der Waals surface area contributed by atoms with Crippen LogP contribution < -0.4 is 9.64 Å². The van der Waals surface area contributed by atoms with Crippen LogP contribution in [0.2, 0.25) is 0 Å². The number of methoxy groups -OCH3 is 1. The van der Waals surface area contributed by atoms with Crippen LogP contribution in [0.4, 0.5) is 5.69 Å². The maximum Gasteiger partial charge on any atom is 0.268 e. The number of aromatic nitrogens is 1. The molecule has 2 heterocycles. The number of benzene rings is 2. The number of ether oxygens (including phenoxy) is 2. The van der Waals surface area contributed by atoms with Crippen LogP contribution in [0.5, 0.6) is 5.75 Å². The summed E-state index contributed by atoms with van der Waals surface area (Å²) in [5.74, 6) is 0.597. The van der Waals surface area contributed by atoms with E-state index in [9.17, 15) is 13.2 Å². The molecule has 7 nitrogen and oxygen atoms in total. The summed E-state index contributed by atoms with van der Waals surface area (Å²) in [6.45, 7) is 2.43. The van der Waals surface area contributed by atoms with E-state index in [1.807, 2.05) is 4.90 Å². The van der Waals surface area contributed by atoms with Gasteiger partial charge in [0.1, 0.15) is 5.75 Å². The van der Waals surface area contributed by atoms with Gasteiger partial charge in [0.2, 0.25) is 0 Å². The Morgan fingerprint density at radius 2 is 1.90 bits per heavy atom. The van der Waals surface area contributed by atoms with Crippen LogP contribution in [-0.4, -0.2) is 52.1 Å². The molecule has 1 aliphatic rings. The molecule has 1 aliphatic heterocycles. The van der Waals surface area contributed by atoms with Crippen LogP contribution in [0, 0.1) is 0 Å². The molecule has 1 saturated heterocycles. The van der Waals surface area contributed by atoms with E-state index in [4.69, 9.17) is 9.47 Å². The standard InChI is InChI=1S/C20H19BrN2O5S/c1-27-20-5-3-16(11-19(20)22-6-8-28-9-7-22)29(25,26)23-12-14(13-24)17-4-2-15(21)10-18(17)23/h2-5,10-13H,6-9H2,1H3. The second-order valence-corrected chi connectivity index (χ2v) is 9.33.